The highest BCUT2D eigenvalue weighted by atomic mass is 79.9. The van der Waals surface area contributed by atoms with Crippen LogP contribution < -0.4 is 5.32 Å². The van der Waals surface area contributed by atoms with Gasteiger partial charge in [-0.25, -0.2) is 4.68 Å². The van der Waals surface area contributed by atoms with E-state index < -0.39 is 0 Å². The van der Waals surface area contributed by atoms with Crippen molar-refractivity contribution in [3.05, 3.63) is 40.0 Å². The van der Waals surface area contributed by atoms with Gasteiger partial charge in [-0.2, -0.15) is 5.10 Å². The molecule has 0 radical (unpaired) electrons. The molecule has 1 saturated heterocycles. The number of fused-ring (bicyclic) bond motifs is 1. The lowest BCUT2D eigenvalue weighted by Gasteiger charge is -2.34. The van der Waals surface area contributed by atoms with Crippen LogP contribution in [0.25, 0.3) is 5.69 Å². The SMILES string of the molecule is CCN1CCCCC1c1nn(-c2cccc(Br)c2)c2c1CCN2. The van der Waals surface area contributed by atoms with E-state index in [0.29, 0.717) is 6.04 Å². The van der Waals surface area contributed by atoms with Crippen LogP contribution >= 0.6 is 15.9 Å². The van der Waals surface area contributed by atoms with E-state index in [1.807, 2.05) is 0 Å². The minimum Gasteiger partial charge on any atom is -0.369 e. The number of aromatic nitrogens is 2. The fourth-order valence-electron chi connectivity index (χ4n) is 3.94. The summed E-state index contributed by atoms with van der Waals surface area (Å²) in [6.07, 6.45) is 4.95. The summed E-state index contributed by atoms with van der Waals surface area (Å²) in [6, 6.07) is 8.87. The first-order valence-corrected chi connectivity index (χ1v) is 9.43. The highest BCUT2D eigenvalue weighted by molar-refractivity contribution is 9.10. The molecule has 1 aromatic heterocycles. The van der Waals surface area contributed by atoms with E-state index in [4.69, 9.17) is 5.10 Å². The zero-order valence-corrected chi connectivity index (χ0v) is 15.1. The summed E-state index contributed by atoms with van der Waals surface area (Å²) in [6.45, 7) is 5.60. The molecule has 2 aromatic rings. The molecule has 3 heterocycles. The molecular formula is C18H23BrN4. The van der Waals surface area contributed by atoms with E-state index in [0.717, 1.165) is 29.7 Å². The van der Waals surface area contributed by atoms with Gasteiger partial charge >= 0.3 is 0 Å². The molecule has 4 nitrogen and oxygen atoms in total. The smallest absolute Gasteiger partial charge is 0.133 e. The Morgan fingerprint density at radius 1 is 1.35 bits per heavy atom. The van der Waals surface area contributed by atoms with Crippen molar-refractivity contribution in [2.45, 2.75) is 38.6 Å². The van der Waals surface area contributed by atoms with Crippen molar-refractivity contribution in [1.82, 2.24) is 14.7 Å². The molecule has 1 aromatic carbocycles. The Morgan fingerprint density at radius 2 is 2.26 bits per heavy atom. The Balaban J connectivity index is 1.78. The van der Waals surface area contributed by atoms with Crippen molar-refractivity contribution in [3.8, 4) is 5.69 Å². The van der Waals surface area contributed by atoms with Crippen LogP contribution in [0.3, 0.4) is 0 Å². The molecule has 2 aliphatic heterocycles. The number of benzene rings is 1. The van der Waals surface area contributed by atoms with Gasteiger partial charge in [0.1, 0.15) is 5.82 Å². The zero-order chi connectivity index (χ0) is 15.8. The van der Waals surface area contributed by atoms with Crippen molar-refractivity contribution in [2.75, 3.05) is 25.0 Å². The van der Waals surface area contributed by atoms with Crippen LogP contribution in [0.15, 0.2) is 28.7 Å². The molecule has 1 N–H and O–H groups in total. The van der Waals surface area contributed by atoms with Crippen molar-refractivity contribution in [3.63, 3.8) is 0 Å². The second-order valence-corrected chi connectivity index (χ2v) is 7.34. The maximum atomic E-state index is 5.06. The van der Waals surface area contributed by atoms with Gasteiger partial charge in [0.2, 0.25) is 0 Å². The van der Waals surface area contributed by atoms with Gasteiger partial charge in [0.25, 0.3) is 0 Å². The van der Waals surface area contributed by atoms with Crippen LogP contribution in [0.2, 0.25) is 0 Å². The second kappa shape index (κ2) is 6.29. The van der Waals surface area contributed by atoms with Crippen LogP contribution in [-0.2, 0) is 6.42 Å². The normalized spacial score (nSPS) is 21.2. The first-order chi connectivity index (χ1) is 11.3. The molecule has 0 spiro atoms. The van der Waals surface area contributed by atoms with Gasteiger partial charge in [-0.3, -0.25) is 4.90 Å². The predicted molar refractivity (Wildman–Crippen MR) is 97.3 cm³/mol. The van der Waals surface area contributed by atoms with Gasteiger partial charge in [-0.1, -0.05) is 35.3 Å². The summed E-state index contributed by atoms with van der Waals surface area (Å²) >= 11 is 3.57. The molecule has 1 atom stereocenters. The van der Waals surface area contributed by atoms with E-state index >= 15 is 0 Å². The average Bonchev–Trinajstić information content (AvgIpc) is 3.17. The Hall–Kier alpha value is -1.33. The third-order valence-corrected chi connectivity index (χ3v) is 5.56. The minimum absolute atomic E-state index is 0.482. The summed E-state index contributed by atoms with van der Waals surface area (Å²) in [7, 11) is 0. The lowest BCUT2D eigenvalue weighted by atomic mass is 9.96. The number of rotatable bonds is 3. The quantitative estimate of drug-likeness (QED) is 0.875. The molecule has 4 rings (SSSR count). The summed E-state index contributed by atoms with van der Waals surface area (Å²) in [5.41, 5.74) is 3.84. The third kappa shape index (κ3) is 2.70. The Morgan fingerprint density at radius 3 is 3.09 bits per heavy atom. The van der Waals surface area contributed by atoms with E-state index in [-0.39, 0.29) is 0 Å². The van der Waals surface area contributed by atoms with Gasteiger partial charge in [-0.15, -0.1) is 0 Å². The molecule has 0 saturated carbocycles. The van der Waals surface area contributed by atoms with E-state index in [1.165, 1.54) is 42.9 Å². The maximum absolute atomic E-state index is 5.06. The van der Waals surface area contributed by atoms with Crippen LogP contribution in [0, 0.1) is 0 Å². The molecular weight excluding hydrogens is 352 g/mol. The second-order valence-electron chi connectivity index (χ2n) is 6.42. The number of hydrogen-bond acceptors (Lipinski definition) is 3. The van der Waals surface area contributed by atoms with E-state index in [9.17, 15) is 0 Å². The van der Waals surface area contributed by atoms with Crippen LogP contribution in [0.5, 0.6) is 0 Å². The van der Waals surface area contributed by atoms with Crippen molar-refractivity contribution in [2.24, 2.45) is 0 Å². The first kappa shape index (κ1) is 15.2. The standard InChI is InChI=1S/C18H23BrN4/c1-2-22-11-4-3-8-16(22)17-15-9-10-20-18(15)23(21-17)14-7-5-6-13(19)12-14/h5-7,12,16,20H,2-4,8-11H2,1H3. The molecule has 1 fully saturated rings. The van der Waals surface area contributed by atoms with Crippen molar-refractivity contribution < 1.29 is 0 Å². The number of anilines is 1. The molecule has 23 heavy (non-hydrogen) atoms. The van der Waals surface area contributed by atoms with Crippen molar-refractivity contribution >= 4 is 21.7 Å². The molecule has 1 unspecified atom stereocenters. The van der Waals surface area contributed by atoms with Crippen LogP contribution in [0.4, 0.5) is 5.82 Å². The van der Waals surface area contributed by atoms with Gasteiger partial charge in [-0.05, 0) is 50.6 Å². The predicted octanol–water partition coefficient (Wildman–Crippen LogP) is 4.15. The number of nitrogens with zero attached hydrogens (tertiary/aromatic N) is 3. The number of nitrogens with one attached hydrogen (secondary N) is 1. The monoisotopic (exact) mass is 374 g/mol. The van der Waals surface area contributed by atoms with Gasteiger partial charge < -0.3 is 5.32 Å². The lowest BCUT2D eigenvalue weighted by molar-refractivity contribution is 0.153. The molecule has 0 aliphatic carbocycles. The summed E-state index contributed by atoms with van der Waals surface area (Å²) in [5.74, 6) is 1.19. The van der Waals surface area contributed by atoms with E-state index in [2.05, 4.69) is 62.0 Å². The number of likely N-dealkylation sites (tertiary alicyclic amines) is 1. The minimum atomic E-state index is 0.482. The van der Waals surface area contributed by atoms with Crippen molar-refractivity contribution in [1.29, 1.82) is 0 Å². The maximum Gasteiger partial charge on any atom is 0.133 e. The van der Waals surface area contributed by atoms with Gasteiger partial charge in [0.15, 0.2) is 0 Å². The molecule has 0 bridgehead atoms. The van der Waals surface area contributed by atoms with Gasteiger partial charge in [0.05, 0.1) is 17.4 Å². The fourth-order valence-corrected chi connectivity index (χ4v) is 4.33. The topological polar surface area (TPSA) is 33.1 Å². The molecule has 122 valence electrons. The highest BCUT2D eigenvalue weighted by Crippen LogP contribution is 2.38. The number of halogens is 1. The third-order valence-electron chi connectivity index (χ3n) is 5.07. The Kier molecular flexibility index (Phi) is 4.16. The lowest BCUT2D eigenvalue weighted by Crippen LogP contribution is -2.33. The Labute approximate surface area is 146 Å². The van der Waals surface area contributed by atoms with Gasteiger partial charge in [0, 0.05) is 16.6 Å². The Bertz CT molecular complexity index is 709. The summed E-state index contributed by atoms with van der Waals surface area (Å²) in [5, 5.41) is 8.60. The number of hydrogen-bond donors (Lipinski definition) is 1. The van der Waals surface area contributed by atoms with Crippen LogP contribution in [-0.4, -0.2) is 34.3 Å². The molecule has 5 heteroatoms. The molecule has 0 amide bonds. The molecule has 2 aliphatic rings. The fraction of sp³-hybridized carbons (Fsp3) is 0.500. The first-order valence-electron chi connectivity index (χ1n) is 8.63. The largest absolute Gasteiger partial charge is 0.369 e. The number of piperidine rings is 1. The summed E-state index contributed by atoms with van der Waals surface area (Å²) < 4.78 is 3.19. The van der Waals surface area contributed by atoms with Crippen LogP contribution in [0.1, 0.15) is 43.5 Å². The van der Waals surface area contributed by atoms with E-state index in [1.54, 1.807) is 0 Å². The highest BCUT2D eigenvalue weighted by Gasteiger charge is 2.31. The summed E-state index contributed by atoms with van der Waals surface area (Å²) in [4.78, 5) is 2.59. The zero-order valence-electron chi connectivity index (χ0n) is 13.6. The average molecular weight is 375 g/mol.